The fourth-order valence-electron chi connectivity index (χ4n) is 1.58. The van der Waals surface area contributed by atoms with Crippen molar-refractivity contribution in [2.24, 2.45) is 0 Å². The number of rotatable bonds is 2. The van der Waals surface area contributed by atoms with Crippen LogP contribution >= 0.6 is 23.2 Å². The fraction of sp³-hybridized carbons (Fsp3) is 0.0833. The maximum absolute atomic E-state index is 8.90. The van der Waals surface area contributed by atoms with Gasteiger partial charge in [-0.15, -0.1) is 0 Å². The average Bonchev–Trinajstić information content (AvgIpc) is 2.73. The zero-order chi connectivity index (χ0) is 12.4. The molecule has 0 fully saturated rings. The van der Waals surface area contributed by atoms with Crippen LogP contribution in [-0.2, 0) is 6.54 Å². The van der Waals surface area contributed by atoms with Gasteiger partial charge in [-0.1, -0.05) is 23.2 Å². The molecule has 0 amide bonds. The third kappa shape index (κ3) is 2.38. The maximum atomic E-state index is 8.90. The summed E-state index contributed by atoms with van der Waals surface area (Å²) in [6, 6.07) is 9.00. The monoisotopic (exact) mass is 265 g/mol. The molecule has 86 valence electrons. The zero-order valence-corrected chi connectivity index (χ0v) is 10.3. The van der Waals surface area contributed by atoms with Crippen molar-refractivity contribution >= 4 is 28.9 Å². The zero-order valence-electron chi connectivity index (χ0n) is 8.82. The molecule has 0 unspecified atom stereocenters. The molecule has 0 aliphatic rings. The lowest BCUT2D eigenvalue weighted by Gasteiger charge is -2.09. The second-order valence-electron chi connectivity index (χ2n) is 3.60. The van der Waals surface area contributed by atoms with Crippen molar-refractivity contribution in [3.8, 4) is 6.07 Å². The van der Waals surface area contributed by atoms with E-state index in [0.717, 1.165) is 5.56 Å². The number of nitrogen functional groups attached to an aromatic ring is 1. The van der Waals surface area contributed by atoms with Crippen LogP contribution in [0.2, 0.25) is 10.0 Å². The summed E-state index contributed by atoms with van der Waals surface area (Å²) in [4.78, 5) is 0. The van der Waals surface area contributed by atoms with Gasteiger partial charge in [0.05, 0.1) is 16.6 Å². The largest absolute Gasteiger partial charge is 0.398 e. The Bertz CT molecular complexity index is 596. The fourth-order valence-corrected chi connectivity index (χ4v) is 1.94. The minimum Gasteiger partial charge on any atom is -0.398 e. The number of halogens is 2. The van der Waals surface area contributed by atoms with E-state index >= 15 is 0 Å². The number of hydrogen-bond donors (Lipinski definition) is 1. The van der Waals surface area contributed by atoms with Crippen molar-refractivity contribution in [3.63, 3.8) is 0 Å². The molecule has 2 rings (SSSR count). The number of nitrogens with zero attached hydrogens (tertiary/aromatic N) is 2. The van der Waals surface area contributed by atoms with Crippen LogP contribution in [0.5, 0.6) is 0 Å². The summed E-state index contributed by atoms with van der Waals surface area (Å²) in [6.45, 7) is 0.499. The summed E-state index contributed by atoms with van der Waals surface area (Å²) < 4.78 is 1.80. The molecule has 1 aromatic carbocycles. The smallest absolute Gasteiger partial charge is 0.120 e. The van der Waals surface area contributed by atoms with Crippen LogP contribution < -0.4 is 5.73 Å². The predicted molar refractivity (Wildman–Crippen MR) is 69.1 cm³/mol. The molecule has 0 aliphatic heterocycles. The van der Waals surface area contributed by atoms with E-state index in [0.29, 0.717) is 28.0 Å². The standard InChI is InChI=1S/C12H9Cl2N3/c13-10-4-8(12(16)5-11(10)14)7-17-3-1-2-9(17)6-15/h1-5H,7,16H2. The topological polar surface area (TPSA) is 54.7 Å². The number of nitriles is 1. The number of nitrogens with two attached hydrogens (primary N) is 1. The predicted octanol–water partition coefficient (Wildman–Crippen LogP) is 3.30. The van der Waals surface area contributed by atoms with Gasteiger partial charge in [0.15, 0.2) is 0 Å². The Balaban J connectivity index is 2.37. The molecule has 0 bridgehead atoms. The first-order valence-corrected chi connectivity index (χ1v) is 5.66. The van der Waals surface area contributed by atoms with Gasteiger partial charge in [0.1, 0.15) is 11.8 Å². The van der Waals surface area contributed by atoms with Gasteiger partial charge in [-0.3, -0.25) is 0 Å². The molecule has 0 saturated carbocycles. The first kappa shape index (κ1) is 11.8. The molecule has 1 aromatic heterocycles. The van der Waals surface area contributed by atoms with Gasteiger partial charge in [0.2, 0.25) is 0 Å². The van der Waals surface area contributed by atoms with Crippen LogP contribution in [0.4, 0.5) is 5.69 Å². The summed E-state index contributed by atoms with van der Waals surface area (Å²) >= 11 is 11.8. The van der Waals surface area contributed by atoms with E-state index < -0.39 is 0 Å². The second kappa shape index (κ2) is 4.70. The van der Waals surface area contributed by atoms with Gasteiger partial charge in [0.25, 0.3) is 0 Å². The van der Waals surface area contributed by atoms with Crippen molar-refractivity contribution in [1.82, 2.24) is 4.57 Å². The molecule has 1 heterocycles. The van der Waals surface area contributed by atoms with Crippen molar-refractivity contribution < 1.29 is 0 Å². The van der Waals surface area contributed by atoms with E-state index in [4.69, 9.17) is 34.2 Å². The molecular weight excluding hydrogens is 257 g/mol. The lowest BCUT2D eigenvalue weighted by Crippen LogP contribution is -2.04. The number of benzene rings is 1. The normalized spacial score (nSPS) is 10.2. The van der Waals surface area contributed by atoms with E-state index in [2.05, 4.69) is 6.07 Å². The van der Waals surface area contributed by atoms with E-state index in [1.165, 1.54) is 0 Å². The number of anilines is 1. The summed E-state index contributed by atoms with van der Waals surface area (Å²) in [5.74, 6) is 0. The first-order valence-electron chi connectivity index (χ1n) is 4.90. The summed E-state index contributed by atoms with van der Waals surface area (Å²) in [5, 5.41) is 9.80. The minimum absolute atomic E-state index is 0.431. The minimum atomic E-state index is 0.431. The molecule has 0 aliphatic carbocycles. The van der Waals surface area contributed by atoms with E-state index in [-0.39, 0.29) is 0 Å². The van der Waals surface area contributed by atoms with Crippen LogP contribution in [0.1, 0.15) is 11.3 Å². The van der Waals surface area contributed by atoms with Crippen molar-refractivity contribution in [2.75, 3.05) is 5.73 Å². The highest BCUT2D eigenvalue weighted by Crippen LogP contribution is 2.28. The van der Waals surface area contributed by atoms with Crippen molar-refractivity contribution in [2.45, 2.75) is 6.54 Å². The average molecular weight is 266 g/mol. The lowest BCUT2D eigenvalue weighted by molar-refractivity contribution is 0.795. The summed E-state index contributed by atoms with van der Waals surface area (Å²) in [6.07, 6.45) is 1.82. The Morgan fingerprint density at radius 2 is 2.00 bits per heavy atom. The van der Waals surface area contributed by atoms with Gasteiger partial charge >= 0.3 is 0 Å². The Morgan fingerprint density at radius 3 is 2.71 bits per heavy atom. The Morgan fingerprint density at radius 1 is 1.29 bits per heavy atom. The van der Waals surface area contributed by atoms with Gasteiger partial charge in [-0.05, 0) is 29.8 Å². The van der Waals surface area contributed by atoms with Crippen LogP contribution in [0.15, 0.2) is 30.5 Å². The Hall–Kier alpha value is -1.63. The van der Waals surface area contributed by atoms with Crippen LogP contribution in [0.3, 0.4) is 0 Å². The lowest BCUT2D eigenvalue weighted by atomic mass is 10.2. The van der Waals surface area contributed by atoms with E-state index in [1.54, 1.807) is 22.8 Å². The SMILES string of the molecule is N#Cc1cccn1Cc1cc(Cl)c(Cl)cc1N. The van der Waals surface area contributed by atoms with Crippen LogP contribution in [-0.4, -0.2) is 4.57 Å². The molecule has 0 spiro atoms. The van der Waals surface area contributed by atoms with Gasteiger partial charge in [0, 0.05) is 11.9 Å². The van der Waals surface area contributed by atoms with E-state index in [9.17, 15) is 0 Å². The van der Waals surface area contributed by atoms with Crippen molar-refractivity contribution in [1.29, 1.82) is 5.26 Å². The molecule has 3 nitrogen and oxygen atoms in total. The number of hydrogen-bond acceptors (Lipinski definition) is 2. The molecular formula is C12H9Cl2N3. The van der Waals surface area contributed by atoms with Gasteiger partial charge < -0.3 is 10.3 Å². The molecule has 17 heavy (non-hydrogen) atoms. The van der Waals surface area contributed by atoms with Crippen LogP contribution in [0.25, 0.3) is 0 Å². The molecule has 5 heteroatoms. The summed E-state index contributed by atoms with van der Waals surface area (Å²) in [7, 11) is 0. The highest BCUT2D eigenvalue weighted by Gasteiger charge is 2.07. The van der Waals surface area contributed by atoms with Crippen molar-refractivity contribution in [3.05, 3.63) is 51.8 Å². The molecule has 2 N–H and O–H groups in total. The quantitative estimate of drug-likeness (QED) is 0.848. The third-order valence-corrected chi connectivity index (χ3v) is 3.19. The molecule has 0 saturated heterocycles. The highest BCUT2D eigenvalue weighted by atomic mass is 35.5. The molecule has 0 atom stereocenters. The van der Waals surface area contributed by atoms with Crippen LogP contribution in [0, 0.1) is 11.3 Å². The molecule has 0 radical (unpaired) electrons. The first-order chi connectivity index (χ1) is 8.11. The Kier molecular flexibility index (Phi) is 3.28. The van der Waals surface area contributed by atoms with E-state index in [1.807, 2.05) is 12.3 Å². The third-order valence-electron chi connectivity index (χ3n) is 2.47. The molecule has 2 aromatic rings. The Labute approximate surface area is 109 Å². The second-order valence-corrected chi connectivity index (χ2v) is 4.41. The summed E-state index contributed by atoms with van der Waals surface area (Å²) in [5.41, 5.74) is 7.84. The van der Waals surface area contributed by atoms with Gasteiger partial charge in [-0.2, -0.15) is 5.26 Å². The maximum Gasteiger partial charge on any atom is 0.120 e. The number of aromatic nitrogens is 1. The van der Waals surface area contributed by atoms with Gasteiger partial charge in [-0.25, -0.2) is 0 Å². The highest BCUT2D eigenvalue weighted by molar-refractivity contribution is 6.42.